The zero-order valence-electron chi connectivity index (χ0n) is 16.7. The highest BCUT2D eigenvalue weighted by Crippen LogP contribution is 2.38. The Bertz CT molecular complexity index is 1330. The molecule has 30 heavy (non-hydrogen) atoms. The molecule has 5 rings (SSSR count). The number of hydrogen-bond acceptors (Lipinski definition) is 3. The van der Waals surface area contributed by atoms with Crippen molar-refractivity contribution in [2.45, 2.75) is 10.8 Å². The normalized spacial score (nSPS) is 11.1. The van der Waals surface area contributed by atoms with Gasteiger partial charge in [-0.15, -0.1) is 11.8 Å². The molecule has 0 N–H and O–H groups in total. The molecule has 5 aromatic rings. The summed E-state index contributed by atoms with van der Waals surface area (Å²) in [5.41, 5.74) is 3.40. The third-order valence-corrected chi connectivity index (χ3v) is 6.27. The molecule has 0 bridgehead atoms. The van der Waals surface area contributed by atoms with Crippen molar-refractivity contribution in [1.82, 2.24) is 4.98 Å². The van der Waals surface area contributed by atoms with Crippen molar-refractivity contribution in [3.8, 4) is 17.0 Å². The van der Waals surface area contributed by atoms with Gasteiger partial charge in [-0.2, -0.15) is 0 Å². The summed E-state index contributed by atoms with van der Waals surface area (Å²) in [5.74, 6) is 1.76. The van der Waals surface area contributed by atoms with Crippen LogP contribution < -0.4 is 4.74 Å². The van der Waals surface area contributed by atoms with E-state index in [0.29, 0.717) is 0 Å². The molecule has 4 aromatic carbocycles. The Morgan fingerprint density at radius 1 is 0.767 bits per heavy atom. The lowest BCUT2D eigenvalue weighted by Crippen LogP contribution is -1.93. The fourth-order valence-corrected chi connectivity index (χ4v) is 4.73. The molecule has 2 nitrogen and oxygen atoms in total. The lowest BCUT2D eigenvalue weighted by molar-refractivity contribution is 0.420. The van der Waals surface area contributed by atoms with E-state index in [1.807, 2.05) is 12.1 Å². The smallest absolute Gasteiger partial charge is 0.127 e. The molecule has 0 unspecified atom stereocenters. The quantitative estimate of drug-likeness (QED) is 0.284. The summed E-state index contributed by atoms with van der Waals surface area (Å²) in [6.45, 7) is 0. The van der Waals surface area contributed by atoms with Gasteiger partial charge in [0.05, 0.1) is 17.8 Å². The average molecular weight is 408 g/mol. The van der Waals surface area contributed by atoms with Gasteiger partial charge in [0, 0.05) is 22.1 Å². The van der Waals surface area contributed by atoms with E-state index in [1.165, 1.54) is 10.9 Å². The summed E-state index contributed by atoms with van der Waals surface area (Å²) in [6, 6.07) is 33.7. The monoisotopic (exact) mass is 407 g/mol. The van der Waals surface area contributed by atoms with Crippen molar-refractivity contribution in [2.24, 2.45) is 0 Å². The van der Waals surface area contributed by atoms with Gasteiger partial charge >= 0.3 is 0 Å². The molecule has 0 aliphatic heterocycles. The van der Waals surface area contributed by atoms with E-state index < -0.39 is 0 Å². The van der Waals surface area contributed by atoms with Crippen molar-refractivity contribution >= 4 is 33.3 Å². The second-order valence-corrected chi connectivity index (χ2v) is 8.16. The first-order valence-corrected chi connectivity index (χ1v) is 10.9. The zero-order chi connectivity index (χ0) is 20.3. The summed E-state index contributed by atoms with van der Waals surface area (Å²) in [6.07, 6.45) is 0. The van der Waals surface area contributed by atoms with Crippen LogP contribution in [0.4, 0.5) is 0 Å². The van der Waals surface area contributed by atoms with E-state index in [2.05, 4.69) is 84.9 Å². The van der Waals surface area contributed by atoms with E-state index in [1.54, 1.807) is 18.9 Å². The lowest BCUT2D eigenvalue weighted by atomic mass is 9.97. The largest absolute Gasteiger partial charge is 0.496 e. The van der Waals surface area contributed by atoms with Crippen LogP contribution in [0, 0.1) is 0 Å². The molecule has 0 aliphatic rings. The van der Waals surface area contributed by atoms with Crippen LogP contribution in [0.3, 0.4) is 0 Å². The van der Waals surface area contributed by atoms with Crippen LogP contribution in [-0.4, -0.2) is 12.1 Å². The summed E-state index contributed by atoms with van der Waals surface area (Å²) in [4.78, 5) is 5.12. The van der Waals surface area contributed by atoms with Crippen LogP contribution in [0.5, 0.6) is 5.75 Å². The molecule has 0 saturated carbocycles. The summed E-state index contributed by atoms with van der Waals surface area (Å²) in [5, 5.41) is 5.63. The molecular weight excluding hydrogens is 386 g/mol. The molecule has 0 saturated heterocycles. The van der Waals surface area contributed by atoms with Crippen LogP contribution in [-0.2, 0) is 5.75 Å². The maximum absolute atomic E-state index is 5.70. The van der Waals surface area contributed by atoms with Gasteiger partial charge in [-0.05, 0) is 28.5 Å². The summed E-state index contributed by atoms with van der Waals surface area (Å²) >= 11 is 1.77. The molecule has 0 atom stereocenters. The topological polar surface area (TPSA) is 22.1 Å². The number of hydrogen-bond donors (Lipinski definition) is 0. The molecule has 1 aromatic heterocycles. The third kappa shape index (κ3) is 3.53. The SMILES string of the molecule is COc1cccc2cccc(-c3nc(SCc4ccccc4)cc4ccccc34)c12. The van der Waals surface area contributed by atoms with Crippen molar-refractivity contribution < 1.29 is 4.74 Å². The zero-order valence-corrected chi connectivity index (χ0v) is 17.5. The Kier molecular flexibility index (Phi) is 5.12. The van der Waals surface area contributed by atoms with Gasteiger partial charge in [0.2, 0.25) is 0 Å². The number of rotatable bonds is 5. The average Bonchev–Trinajstić information content (AvgIpc) is 2.82. The van der Waals surface area contributed by atoms with Gasteiger partial charge in [-0.3, -0.25) is 0 Å². The Morgan fingerprint density at radius 2 is 1.50 bits per heavy atom. The van der Waals surface area contributed by atoms with Gasteiger partial charge in [-0.25, -0.2) is 4.98 Å². The van der Waals surface area contributed by atoms with Crippen molar-refractivity contribution in [3.63, 3.8) is 0 Å². The van der Waals surface area contributed by atoms with Crippen LogP contribution in [0.1, 0.15) is 5.56 Å². The Labute approximate surface area is 180 Å². The predicted octanol–water partition coefficient (Wildman–Crippen LogP) is 7.36. The first-order chi connectivity index (χ1) is 14.8. The second kappa shape index (κ2) is 8.21. The number of methoxy groups -OCH3 is 1. The molecule has 146 valence electrons. The van der Waals surface area contributed by atoms with Crippen molar-refractivity contribution in [2.75, 3.05) is 7.11 Å². The van der Waals surface area contributed by atoms with E-state index >= 15 is 0 Å². The van der Waals surface area contributed by atoms with Crippen LogP contribution in [0.15, 0.2) is 102 Å². The standard InChI is InChI=1S/C27H21NOS/c1-29-24-16-8-13-20-12-7-15-23(26(20)24)27-22-14-6-5-11-21(22)17-25(28-27)30-18-19-9-3-2-4-10-19/h2-17H,18H2,1H3. The Morgan fingerprint density at radius 3 is 2.33 bits per heavy atom. The number of ether oxygens (including phenoxy) is 1. The fourth-order valence-electron chi connectivity index (χ4n) is 3.86. The second-order valence-electron chi connectivity index (χ2n) is 7.17. The van der Waals surface area contributed by atoms with Gasteiger partial charge in [0.15, 0.2) is 0 Å². The van der Waals surface area contributed by atoms with Crippen molar-refractivity contribution in [1.29, 1.82) is 0 Å². The number of aromatic nitrogens is 1. The highest BCUT2D eigenvalue weighted by Gasteiger charge is 2.14. The third-order valence-electron chi connectivity index (χ3n) is 5.29. The summed E-state index contributed by atoms with van der Waals surface area (Å²) < 4.78 is 5.70. The molecule has 0 radical (unpaired) electrons. The van der Waals surface area contributed by atoms with Crippen LogP contribution >= 0.6 is 11.8 Å². The number of nitrogens with zero attached hydrogens (tertiary/aromatic N) is 1. The molecular formula is C27H21NOS. The van der Waals surface area contributed by atoms with Gasteiger partial charge in [0.25, 0.3) is 0 Å². The first kappa shape index (κ1) is 18.7. The number of fused-ring (bicyclic) bond motifs is 2. The number of benzene rings is 4. The number of pyridine rings is 1. The van der Waals surface area contributed by atoms with Gasteiger partial charge in [0.1, 0.15) is 5.75 Å². The maximum atomic E-state index is 5.70. The molecule has 0 spiro atoms. The minimum absolute atomic E-state index is 0.872. The Hall–Kier alpha value is -3.30. The number of thioether (sulfide) groups is 1. The minimum atomic E-state index is 0.872. The predicted molar refractivity (Wildman–Crippen MR) is 127 cm³/mol. The molecule has 0 aliphatic carbocycles. The molecule has 3 heteroatoms. The van der Waals surface area contributed by atoms with E-state index in [-0.39, 0.29) is 0 Å². The van der Waals surface area contributed by atoms with Gasteiger partial charge < -0.3 is 4.74 Å². The van der Waals surface area contributed by atoms with Crippen LogP contribution in [0.25, 0.3) is 32.8 Å². The summed E-state index contributed by atoms with van der Waals surface area (Å²) in [7, 11) is 1.73. The minimum Gasteiger partial charge on any atom is -0.496 e. The van der Waals surface area contributed by atoms with E-state index in [0.717, 1.165) is 43.9 Å². The molecule has 0 amide bonds. The van der Waals surface area contributed by atoms with Crippen LogP contribution in [0.2, 0.25) is 0 Å². The van der Waals surface area contributed by atoms with E-state index in [9.17, 15) is 0 Å². The van der Waals surface area contributed by atoms with Crippen molar-refractivity contribution in [3.05, 3.63) is 103 Å². The first-order valence-electron chi connectivity index (χ1n) is 9.96. The molecule has 1 heterocycles. The van der Waals surface area contributed by atoms with Gasteiger partial charge in [-0.1, -0.05) is 84.9 Å². The molecule has 0 fully saturated rings. The maximum Gasteiger partial charge on any atom is 0.127 e. The van der Waals surface area contributed by atoms with E-state index in [4.69, 9.17) is 9.72 Å². The highest BCUT2D eigenvalue weighted by molar-refractivity contribution is 7.98. The Balaban J connectivity index is 1.68. The lowest BCUT2D eigenvalue weighted by Gasteiger charge is -2.14. The highest BCUT2D eigenvalue weighted by atomic mass is 32.2. The fraction of sp³-hybridized carbons (Fsp3) is 0.0741.